The Morgan fingerprint density at radius 2 is 1.93 bits per heavy atom. The number of aromatic nitrogens is 3. The van der Waals surface area contributed by atoms with Crippen molar-refractivity contribution in [1.29, 1.82) is 0 Å². The van der Waals surface area contributed by atoms with Crippen molar-refractivity contribution in [3.63, 3.8) is 0 Å². The molecule has 0 aliphatic rings. The van der Waals surface area contributed by atoms with Gasteiger partial charge in [-0.05, 0) is 62.7 Å². The van der Waals surface area contributed by atoms with Gasteiger partial charge in [0.2, 0.25) is 0 Å². The molecule has 1 unspecified atom stereocenters. The van der Waals surface area contributed by atoms with Gasteiger partial charge in [-0.15, -0.1) is 10.2 Å². The molecule has 0 aliphatic heterocycles. The number of ether oxygens (including phenoxy) is 2. The van der Waals surface area contributed by atoms with Crippen LogP contribution in [0.1, 0.15) is 28.7 Å². The van der Waals surface area contributed by atoms with Gasteiger partial charge in [-0.2, -0.15) is 0 Å². The maximum absolute atomic E-state index is 11.7. The van der Waals surface area contributed by atoms with Crippen LogP contribution >= 0.6 is 11.8 Å². The molecule has 1 N–H and O–H groups in total. The standard InChI is InChI=1S/C22H25N3O4S/c1-4-28-21(27)17-8-10-20(11-9-17)29-13-19(26)14-30-22-24-23-16(3)25(22)18-7-5-6-15(2)12-18/h5-12,19,26H,4,13-14H2,1-3H3. The molecule has 2 aromatic carbocycles. The fourth-order valence-corrected chi connectivity index (χ4v) is 3.72. The van der Waals surface area contributed by atoms with Gasteiger partial charge in [0, 0.05) is 11.4 Å². The number of nitrogens with zero attached hydrogens (tertiary/aromatic N) is 3. The molecular weight excluding hydrogens is 402 g/mol. The van der Waals surface area contributed by atoms with Crippen LogP contribution < -0.4 is 4.74 Å². The Hall–Kier alpha value is -2.84. The van der Waals surface area contributed by atoms with Crippen molar-refractivity contribution in [3.05, 3.63) is 65.5 Å². The van der Waals surface area contributed by atoms with Crippen LogP contribution in [0, 0.1) is 13.8 Å². The van der Waals surface area contributed by atoms with Crippen LogP contribution in [0.3, 0.4) is 0 Å². The summed E-state index contributed by atoms with van der Waals surface area (Å²) < 4.78 is 12.6. The molecule has 0 saturated heterocycles. The van der Waals surface area contributed by atoms with E-state index in [1.54, 1.807) is 31.2 Å². The highest BCUT2D eigenvalue weighted by atomic mass is 32.2. The van der Waals surface area contributed by atoms with Gasteiger partial charge in [0.25, 0.3) is 0 Å². The maximum Gasteiger partial charge on any atom is 0.338 e. The summed E-state index contributed by atoms with van der Waals surface area (Å²) in [5, 5.41) is 19.4. The number of hydrogen-bond donors (Lipinski definition) is 1. The van der Waals surface area contributed by atoms with Crippen LogP contribution in [0.4, 0.5) is 0 Å². The van der Waals surface area contributed by atoms with E-state index >= 15 is 0 Å². The highest BCUT2D eigenvalue weighted by Gasteiger charge is 2.14. The van der Waals surface area contributed by atoms with Gasteiger partial charge in [-0.1, -0.05) is 23.9 Å². The Morgan fingerprint density at radius 3 is 2.63 bits per heavy atom. The summed E-state index contributed by atoms with van der Waals surface area (Å²) in [5.74, 6) is 1.40. The number of rotatable bonds is 9. The van der Waals surface area contributed by atoms with E-state index in [9.17, 15) is 9.90 Å². The Kier molecular flexibility index (Phi) is 7.48. The first kappa shape index (κ1) is 21.9. The number of benzene rings is 2. The summed E-state index contributed by atoms with van der Waals surface area (Å²) in [7, 11) is 0. The average molecular weight is 428 g/mol. The largest absolute Gasteiger partial charge is 0.491 e. The SMILES string of the molecule is CCOC(=O)c1ccc(OCC(O)CSc2nnc(C)n2-c2cccc(C)c2)cc1. The minimum atomic E-state index is -0.692. The molecule has 0 radical (unpaired) electrons. The average Bonchev–Trinajstić information content (AvgIpc) is 3.11. The summed E-state index contributed by atoms with van der Waals surface area (Å²) in [6, 6.07) is 14.8. The summed E-state index contributed by atoms with van der Waals surface area (Å²) in [6.07, 6.45) is -0.692. The minimum Gasteiger partial charge on any atom is -0.491 e. The molecule has 7 nitrogen and oxygen atoms in total. The zero-order chi connectivity index (χ0) is 21.5. The molecule has 3 rings (SSSR count). The number of aliphatic hydroxyl groups is 1. The van der Waals surface area contributed by atoms with Gasteiger partial charge in [0.05, 0.1) is 18.3 Å². The zero-order valence-corrected chi connectivity index (χ0v) is 18.1. The number of esters is 1. The third-order valence-electron chi connectivity index (χ3n) is 4.27. The molecule has 1 atom stereocenters. The topological polar surface area (TPSA) is 86.5 Å². The van der Waals surface area contributed by atoms with Crippen molar-refractivity contribution in [3.8, 4) is 11.4 Å². The van der Waals surface area contributed by atoms with E-state index in [4.69, 9.17) is 9.47 Å². The van der Waals surface area contributed by atoms with Crippen LogP contribution in [0.25, 0.3) is 5.69 Å². The Balaban J connectivity index is 1.54. The number of aliphatic hydroxyl groups excluding tert-OH is 1. The smallest absolute Gasteiger partial charge is 0.338 e. The van der Waals surface area contributed by atoms with Gasteiger partial charge in [0.1, 0.15) is 18.2 Å². The molecule has 0 bridgehead atoms. The fourth-order valence-electron chi connectivity index (χ4n) is 2.81. The predicted octanol–water partition coefficient (Wildman–Crippen LogP) is 3.59. The van der Waals surface area contributed by atoms with Crippen LogP contribution in [-0.2, 0) is 4.74 Å². The Bertz CT molecular complexity index is 988. The van der Waals surface area contributed by atoms with Crippen molar-refractivity contribution >= 4 is 17.7 Å². The minimum absolute atomic E-state index is 0.128. The normalized spacial score (nSPS) is 11.9. The molecule has 0 aliphatic carbocycles. The van der Waals surface area contributed by atoms with E-state index in [1.165, 1.54) is 11.8 Å². The molecule has 3 aromatic rings. The summed E-state index contributed by atoms with van der Waals surface area (Å²) in [6.45, 7) is 6.16. The van der Waals surface area contributed by atoms with Gasteiger partial charge < -0.3 is 14.6 Å². The first-order chi connectivity index (χ1) is 14.5. The molecule has 1 aromatic heterocycles. The van der Waals surface area contributed by atoms with E-state index in [-0.39, 0.29) is 12.6 Å². The number of thioether (sulfide) groups is 1. The lowest BCUT2D eigenvalue weighted by atomic mass is 10.2. The first-order valence-electron chi connectivity index (χ1n) is 9.68. The zero-order valence-electron chi connectivity index (χ0n) is 17.2. The first-order valence-corrected chi connectivity index (χ1v) is 10.7. The monoisotopic (exact) mass is 427 g/mol. The van der Waals surface area contributed by atoms with E-state index in [0.29, 0.717) is 23.7 Å². The molecular formula is C22H25N3O4S. The Labute approximate surface area is 180 Å². The highest BCUT2D eigenvalue weighted by molar-refractivity contribution is 7.99. The maximum atomic E-state index is 11.7. The second-order valence-corrected chi connectivity index (χ2v) is 7.71. The molecule has 30 heavy (non-hydrogen) atoms. The number of aryl methyl sites for hydroxylation is 2. The summed E-state index contributed by atoms with van der Waals surface area (Å²) in [5.41, 5.74) is 2.61. The predicted molar refractivity (Wildman–Crippen MR) is 115 cm³/mol. The lowest BCUT2D eigenvalue weighted by Gasteiger charge is -2.13. The van der Waals surface area contributed by atoms with E-state index in [1.807, 2.05) is 36.6 Å². The highest BCUT2D eigenvalue weighted by Crippen LogP contribution is 2.23. The molecule has 1 heterocycles. The van der Waals surface area contributed by atoms with Crippen LogP contribution in [0.5, 0.6) is 5.75 Å². The van der Waals surface area contributed by atoms with Crippen LogP contribution in [0.2, 0.25) is 0 Å². The van der Waals surface area contributed by atoms with E-state index < -0.39 is 6.10 Å². The van der Waals surface area contributed by atoms with Gasteiger partial charge in [-0.25, -0.2) is 4.79 Å². The molecule has 0 fully saturated rings. The van der Waals surface area contributed by atoms with Crippen molar-refractivity contribution in [2.24, 2.45) is 0 Å². The summed E-state index contributed by atoms with van der Waals surface area (Å²) in [4.78, 5) is 11.7. The van der Waals surface area contributed by atoms with Crippen molar-refractivity contribution in [1.82, 2.24) is 14.8 Å². The number of carbonyl (C=O) groups excluding carboxylic acids is 1. The van der Waals surface area contributed by atoms with Crippen molar-refractivity contribution in [2.45, 2.75) is 32.0 Å². The number of hydrogen-bond acceptors (Lipinski definition) is 7. The van der Waals surface area contributed by atoms with Crippen molar-refractivity contribution < 1.29 is 19.4 Å². The van der Waals surface area contributed by atoms with Gasteiger partial charge in [-0.3, -0.25) is 4.57 Å². The number of carbonyl (C=O) groups is 1. The van der Waals surface area contributed by atoms with E-state index in [2.05, 4.69) is 16.3 Å². The molecule has 0 spiro atoms. The molecule has 8 heteroatoms. The lowest BCUT2D eigenvalue weighted by molar-refractivity contribution is 0.0526. The molecule has 0 saturated carbocycles. The third-order valence-corrected chi connectivity index (χ3v) is 5.34. The second kappa shape index (κ2) is 10.3. The second-order valence-electron chi connectivity index (χ2n) is 6.72. The molecule has 158 valence electrons. The van der Waals surface area contributed by atoms with Crippen molar-refractivity contribution in [2.75, 3.05) is 19.0 Å². The third kappa shape index (κ3) is 5.61. The van der Waals surface area contributed by atoms with Gasteiger partial charge in [0.15, 0.2) is 5.16 Å². The Morgan fingerprint density at radius 1 is 1.17 bits per heavy atom. The molecule has 0 amide bonds. The lowest BCUT2D eigenvalue weighted by Crippen LogP contribution is -2.20. The van der Waals surface area contributed by atoms with Crippen LogP contribution in [0.15, 0.2) is 53.7 Å². The van der Waals surface area contributed by atoms with Crippen LogP contribution in [-0.4, -0.2) is 50.9 Å². The van der Waals surface area contributed by atoms with Gasteiger partial charge >= 0.3 is 5.97 Å². The summed E-state index contributed by atoms with van der Waals surface area (Å²) >= 11 is 1.42. The fraction of sp³-hybridized carbons (Fsp3) is 0.318. The van der Waals surface area contributed by atoms with E-state index in [0.717, 1.165) is 22.2 Å². The quantitative estimate of drug-likeness (QED) is 0.412.